The van der Waals surface area contributed by atoms with Crippen molar-refractivity contribution in [1.29, 1.82) is 0 Å². The van der Waals surface area contributed by atoms with Crippen molar-refractivity contribution in [2.75, 3.05) is 32.4 Å². The molecule has 0 bridgehead atoms. The summed E-state index contributed by atoms with van der Waals surface area (Å²) in [5.74, 6) is -1.04. The molecule has 0 spiro atoms. The maximum atomic E-state index is 13.4. The highest BCUT2D eigenvalue weighted by atomic mass is 32.2. The predicted molar refractivity (Wildman–Crippen MR) is 163 cm³/mol. The van der Waals surface area contributed by atoms with Crippen molar-refractivity contribution in [2.24, 2.45) is 11.7 Å². The molecule has 1 unspecified atom stereocenters. The van der Waals surface area contributed by atoms with E-state index in [4.69, 9.17) is 5.73 Å². The lowest BCUT2D eigenvalue weighted by Gasteiger charge is -2.27. The molecule has 1 saturated carbocycles. The summed E-state index contributed by atoms with van der Waals surface area (Å²) in [6, 6.07) is 11.9. The minimum Gasteiger partial charge on any atom is -0.480 e. The topological polar surface area (TPSA) is 142 Å². The van der Waals surface area contributed by atoms with Gasteiger partial charge in [0.25, 0.3) is 5.91 Å². The summed E-state index contributed by atoms with van der Waals surface area (Å²) in [6.45, 7) is 3.34. The van der Waals surface area contributed by atoms with Gasteiger partial charge in [-0.05, 0) is 86.6 Å². The first kappa shape index (κ1) is 32.7. The molecular weight excluding hydrogens is 540 g/mol. The number of rotatable bonds is 16. The number of aliphatic carboxylic acids is 1. The van der Waals surface area contributed by atoms with Crippen LogP contribution in [0.3, 0.4) is 0 Å². The molecular formula is C31H46N4O5S. The van der Waals surface area contributed by atoms with Gasteiger partial charge in [0.15, 0.2) is 0 Å². The van der Waals surface area contributed by atoms with Crippen LogP contribution in [0, 0.1) is 12.8 Å². The Labute approximate surface area is 244 Å². The van der Waals surface area contributed by atoms with Crippen LogP contribution in [0.1, 0.15) is 72.9 Å². The summed E-state index contributed by atoms with van der Waals surface area (Å²) in [7, 11) is -1.80. The van der Waals surface area contributed by atoms with Crippen molar-refractivity contribution in [3.8, 4) is 11.1 Å². The third-order valence-electron chi connectivity index (χ3n) is 7.92. The van der Waals surface area contributed by atoms with Gasteiger partial charge in [-0.2, -0.15) is 4.31 Å². The van der Waals surface area contributed by atoms with Crippen LogP contribution in [0.4, 0.5) is 0 Å². The lowest BCUT2D eigenvalue weighted by Crippen LogP contribution is -2.42. The average molecular weight is 587 g/mol. The van der Waals surface area contributed by atoms with Gasteiger partial charge in [-0.3, -0.25) is 4.79 Å². The summed E-state index contributed by atoms with van der Waals surface area (Å²) < 4.78 is 28.3. The number of carbonyl (C=O) groups excluding carboxylic acids is 1. The second-order valence-corrected chi connectivity index (χ2v) is 13.1. The third-order valence-corrected chi connectivity index (χ3v) is 9.82. The number of hydrogen-bond donors (Lipinski definition) is 4. The second-order valence-electron chi connectivity index (χ2n) is 11.0. The van der Waals surface area contributed by atoms with Crippen molar-refractivity contribution in [1.82, 2.24) is 14.9 Å². The molecule has 1 aliphatic rings. The summed E-state index contributed by atoms with van der Waals surface area (Å²) in [5.41, 5.74) is 9.18. The summed E-state index contributed by atoms with van der Waals surface area (Å²) in [6.07, 6.45) is 7.40. The average Bonchev–Trinajstić information content (AvgIpc) is 2.96. The quantitative estimate of drug-likeness (QED) is 0.234. The molecule has 1 fully saturated rings. The highest BCUT2D eigenvalue weighted by molar-refractivity contribution is 7.89. The van der Waals surface area contributed by atoms with Gasteiger partial charge in [0.2, 0.25) is 10.0 Å². The van der Waals surface area contributed by atoms with Crippen molar-refractivity contribution in [3.63, 3.8) is 0 Å². The first-order chi connectivity index (χ1) is 19.7. The Morgan fingerprint density at radius 1 is 1.10 bits per heavy atom. The van der Waals surface area contributed by atoms with E-state index < -0.39 is 27.9 Å². The van der Waals surface area contributed by atoms with E-state index in [9.17, 15) is 23.1 Å². The zero-order valence-electron chi connectivity index (χ0n) is 24.4. The Hall–Kier alpha value is -2.79. The summed E-state index contributed by atoms with van der Waals surface area (Å²) in [5, 5.41) is 15.2. The Morgan fingerprint density at radius 3 is 2.49 bits per heavy atom. The van der Waals surface area contributed by atoms with E-state index in [0.29, 0.717) is 43.1 Å². The Morgan fingerprint density at radius 2 is 1.83 bits per heavy atom. The van der Waals surface area contributed by atoms with Crippen LogP contribution in [-0.4, -0.2) is 68.2 Å². The Bertz CT molecular complexity index is 1260. The van der Waals surface area contributed by atoms with Gasteiger partial charge in [0.1, 0.15) is 6.04 Å². The lowest BCUT2D eigenvalue weighted by atomic mass is 9.87. The molecule has 1 aliphatic carbocycles. The Kier molecular flexibility index (Phi) is 12.8. The number of amides is 1. The molecule has 0 heterocycles. The number of hydrogen-bond acceptors (Lipinski definition) is 6. The number of nitrogens with one attached hydrogen (secondary N) is 2. The van der Waals surface area contributed by atoms with Gasteiger partial charge < -0.3 is 21.5 Å². The molecule has 0 saturated heterocycles. The van der Waals surface area contributed by atoms with Crippen molar-refractivity contribution < 1.29 is 23.1 Å². The summed E-state index contributed by atoms with van der Waals surface area (Å²) >= 11 is 0. The van der Waals surface area contributed by atoms with Crippen LogP contribution in [0.15, 0.2) is 42.5 Å². The molecule has 0 aromatic heterocycles. The molecule has 3 rings (SSSR count). The van der Waals surface area contributed by atoms with E-state index in [0.717, 1.165) is 36.0 Å². The minimum atomic E-state index is -3.53. The van der Waals surface area contributed by atoms with Gasteiger partial charge >= 0.3 is 5.97 Å². The van der Waals surface area contributed by atoms with Gasteiger partial charge in [0, 0.05) is 18.7 Å². The fourth-order valence-corrected chi connectivity index (χ4v) is 7.00. The predicted octanol–water partition coefficient (Wildman–Crippen LogP) is 3.91. The number of carboxylic acid groups (broad SMARTS) is 1. The van der Waals surface area contributed by atoms with Crippen LogP contribution in [0.25, 0.3) is 11.1 Å². The van der Waals surface area contributed by atoms with Crippen LogP contribution in [0.5, 0.6) is 0 Å². The smallest absolute Gasteiger partial charge is 0.326 e. The van der Waals surface area contributed by atoms with E-state index in [2.05, 4.69) is 10.6 Å². The number of benzene rings is 2. The monoisotopic (exact) mass is 586 g/mol. The molecule has 1 atom stereocenters. The van der Waals surface area contributed by atoms with E-state index in [1.807, 2.05) is 37.3 Å². The number of aryl methyl sites for hydroxylation is 1. The maximum absolute atomic E-state index is 13.4. The fourth-order valence-electron chi connectivity index (χ4n) is 5.49. The van der Waals surface area contributed by atoms with Gasteiger partial charge in [-0.1, -0.05) is 62.4 Å². The normalized spacial score (nSPS) is 15.1. The molecule has 0 aliphatic heterocycles. The lowest BCUT2D eigenvalue weighted by molar-refractivity contribution is -0.139. The minimum absolute atomic E-state index is 0.00248. The molecule has 2 aromatic rings. The Balaban J connectivity index is 1.94. The van der Waals surface area contributed by atoms with E-state index in [1.165, 1.54) is 19.3 Å². The number of carbonyl (C=O) groups is 2. The van der Waals surface area contributed by atoms with Crippen molar-refractivity contribution in [3.05, 3.63) is 59.2 Å². The van der Waals surface area contributed by atoms with E-state index in [1.54, 1.807) is 23.5 Å². The first-order valence-electron chi connectivity index (χ1n) is 14.7. The number of sulfonamides is 1. The molecule has 1 amide bonds. The van der Waals surface area contributed by atoms with Gasteiger partial charge in [0.05, 0.1) is 5.75 Å². The second kappa shape index (κ2) is 16.0. The zero-order valence-corrected chi connectivity index (χ0v) is 25.2. The van der Waals surface area contributed by atoms with Crippen LogP contribution in [0.2, 0.25) is 0 Å². The van der Waals surface area contributed by atoms with Gasteiger partial charge in [-0.15, -0.1) is 0 Å². The fraction of sp³-hybridized carbons (Fsp3) is 0.548. The number of nitrogens with two attached hydrogens (primary N) is 1. The van der Waals surface area contributed by atoms with Crippen LogP contribution < -0.4 is 16.4 Å². The van der Waals surface area contributed by atoms with Crippen LogP contribution in [-0.2, 0) is 21.4 Å². The molecule has 10 heteroatoms. The molecule has 5 N–H and O–H groups in total. The largest absolute Gasteiger partial charge is 0.480 e. The number of nitrogens with zero attached hydrogens (tertiary/aromatic N) is 1. The van der Waals surface area contributed by atoms with Gasteiger partial charge in [-0.25, -0.2) is 13.2 Å². The molecule has 9 nitrogen and oxygen atoms in total. The highest BCUT2D eigenvalue weighted by Crippen LogP contribution is 2.30. The van der Waals surface area contributed by atoms with E-state index in [-0.39, 0.29) is 18.7 Å². The first-order valence-corrected chi connectivity index (χ1v) is 16.3. The molecule has 41 heavy (non-hydrogen) atoms. The standard InChI is InChI=1S/C31H46N4O5S/c1-23-9-6-7-12-26(23)28-21-25(13-14-27(28)30(36)34-29(31(37)38)15-18-33-2)22-35(41(39,40)20-8-17-32)19-16-24-10-4-3-5-11-24/h6-7,9,12-14,21,24,29,33H,3-5,8,10-11,15-20,22,32H2,1-2H3,(H,34,36)(H,37,38). The summed E-state index contributed by atoms with van der Waals surface area (Å²) in [4.78, 5) is 25.2. The number of carboxylic acids is 1. The maximum Gasteiger partial charge on any atom is 0.326 e. The van der Waals surface area contributed by atoms with Crippen molar-refractivity contribution >= 4 is 21.9 Å². The third kappa shape index (κ3) is 9.63. The van der Waals surface area contributed by atoms with E-state index >= 15 is 0 Å². The van der Waals surface area contributed by atoms with Crippen LogP contribution >= 0.6 is 0 Å². The highest BCUT2D eigenvalue weighted by Gasteiger charge is 2.26. The molecule has 2 aromatic carbocycles. The SMILES string of the molecule is CNCCC(NC(=O)c1ccc(CN(CCC2CCCCC2)S(=O)(=O)CCCN)cc1-c1ccccc1C)C(=O)O. The zero-order chi connectivity index (χ0) is 29.8. The molecule has 0 radical (unpaired) electrons. The van der Waals surface area contributed by atoms with Crippen molar-refractivity contribution in [2.45, 2.75) is 70.9 Å². The molecule has 226 valence electrons.